The average Bonchev–Trinajstić information content (AvgIpc) is 1.88. The standard InChI is InChI=1S/C7H7FNO/c1-9(10)7-4-2-6(8)3-5-7/h2-5H,1H3/q+1. The van der Waals surface area contributed by atoms with E-state index >= 15 is 0 Å². The highest BCUT2D eigenvalue weighted by atomic mass is 19.1. The molecule has 0 bridgehead atoms. The molecular formula is C7H7FNO+. The molecule has 0 saturated carbocycles. The molecule has 0 aromatic heterocycles. The molecule has 0 fully saturated rings. The second-order valence-electron chi connectivity index (χ2n) is 1.97. The lowest BCUT2D eigenvalue weighted by atomic mass is 10.3. The highest BCUT2D eigenvalue weighted by Crippen LogP contribution is 2.09. The van der Waals surface area contributed by atoms with E-state index in [-0.39, 0.29) is 5.82 Å². The van der Waals surface area contributed by atoms with Crippen LogP contribution in [0.2, 0.25) is 0 Å². The monoisotopic (exact) mass is 140 g/mol. The summed E-state index contributed by atoms with van der Waals surface area (Å²) < 4.78 is 12.9. The van der Waals surface area contributed by atoms with Crippen molar-refractivity contribution >= 4 is 5.69 Å². The van der Waals surface area contributed by atoms with Gasteiger partial charge in [0.05, 0.1) is 0 Å². The van der Waals surface area contributed by atoms with Gasteiger partial charge < -0.3 is 0 Å². The number of halogens is 1. The van der Waals surface area contributed by atoms with E-state index in [4.69, 9.17) is 0 Å². The van der Waals surface area contributed by atoms with Gasteiger partial charge in [0.15, 0.2) is 7.05 Å². The average molecular weight is 140 g/mol. The second kappa shape index (κ2) is 2.56. The molecule has 0 saturated heterocycles. The van der Waals surface area contributed by atoms with Crippen LogP contribution in [0.1, 0.15) is 0 Å². The minimum atomic E-state index is -0.328. The number of rotatable bonds is 1. The third-order valence-electron chi connectivity index (χ3n) is 1.19. The quantitative estimate of drug-likeness (QED) is 0.545. The highest BCUT2D eigenvalue weighted by molar-refractivity contribution is 5.28. The van der Waals surface area contributed by atoms with Gasteiger partial charge in [0, 0.05) is 21.8 Å². The molecule has 1 rings (SSSR count). The summed E-state index contributed by atoms with van der Waals surface area (Å²) in [6.07, 6.45) is 0. The van der Waals surface area contributed by atoms with Crippen LogP contribution in [0, 0.1) is 10.7 Å². The van der Waals surface area contributed by atoms with Crippen molar-refractivity contribution in [1.82, 2.24) is 0 Å². The summed E-state index contributed by atoms with van der Waals surface area (Å²) in [5, 5.41) is 0. The van der Waals surface area contributed by atoms with Gasteiger partial charge in [0.2, 0.25) is 0 Å². The van der Waals surface area contributed by atoms with Gasteiger partial charge >= 0.3 is 0 Å². The van der Waals surface area contributed by atoms with E-state index in [2.05, 4.69) is 0 Å². The van der Waals surface area contributed by atoms with Crippen LogP contribution in [-0.2, 0) is 0 Å². The van der Waals surface area contributed by atoms with Gasteiger partial charge in [-0.3, -0.25) is 0 Å². The number of nitroso groups, excluding NO2 is 1. The van der Waals surface area contributed by atoms with E-state index in [9.17, 15) is 9.30 Å². The van der Waals surface area contributed by atoms with Crippen LogP contribution >= 0.6 is 0 Å². The molecule has 3 heteroatoms. The van der Waals surface area contributed by atoms with Crippen LogP contribution in [0.3, 0.4) is 0 Å². The van der Waals surface area contributed by atoms with E-state index in [1.54, 1.807) is 0 Å². The van der Waals surface area contributed by atoms with Crippen molar-refractivity contribution in [2.24, 2.45) is 0 Å². The Bertz CT molecular complexity index is 242. The van der Waals surface area contributed by atoms with E-state index in [1.165, 1.54) is 31.3 Å². The van der Waals surface area contributed by atoms with Crippen molar-refractivity contribution in [3.05, 3.63) is 35.0 Å². The van der Waals surface area contributed by atoms with Gasteiger partial charge in [-0.05, 0) is 12.1 Å². The predicted molar refractivity (Wildman–Crippen MR) is 35.6 cm³/mol. The Hall–Kier alpha value is -1.25. The maximum absolute atomic E-state index is 12.2. The van der Waals surface area contributed by atoms with Crippen LogP contribution in [0.25, 0.3) is 0 Å². The molecule has 0 aliphatic carbocycles. The lowest BCUT2D eigenvalue weighted by Gasteiger charge is -1.85. The fraction of sp³-hybridized carbons (Fsp3) is 0.143. The van der Waals surface area contributed by atoms with Gasteiger partial charge in [-0.1, -0.05) is 0 Å². The largest absolute Gasteiger partial charge is 0.255 e. The Morgan fingerprint density at radius 1 is 1.30 bits per heavy atom. The summed E-state index contributed by atoms with van der Waals surface area (Å²) in [6, 6.07) is 5.37. The lowest BCUT2D eigenvalue weighted by molar-refractivity contribution is -0.428. The molecule has 0 radical (unpaired) electrons. The minimum absolute atomic E-state index is 0.328. The third-order valence-corrected chi connectivity index (χ3v) is 1.19. The maximum atomic E-state index is 12.2. The molecule has 0 aliphatic heterocycles. The molecule has 0 N–H and O–H groups in total. The van der Waals surface area contributed by atoms with Gasteiger partial charge in [-0.15, -0.1) is 0 Å². The van der Waals surface area contributed by atoms with Crippen molar-refractivity contribution in [3.8, 4) is 0 Å². The molecule has 1 aromatic rings. The van der Waals surface area contributed by atoms with E-state index in [0.29, 0.717) is 10.4 Å². The Balaban J connectivity index is 3.00. The van der Waals surface area contributed by atoms with Gasteiger partial charge in [0.25, 0.3) is 5.69 Å². The van der Waals surface area contributed by atoms with Crippen LogP contribution in [-0.4, -0.2) is 11.8 Å². The fourth-order valence-corrected chi connectivity index (χ4v) is 0.651. The lowest BCUT2D eigenvalue weighted by Crippen LogP contribution is -1.89. The summed E-state index contributed by atoms with van der Waals surface area (Å²) in [4.78, 5) is 10.6. The van der Waals surface area contributed by atoms with Crippen LogP contribution < -0.4 is 0 Å². The fourth-order valence-electron chi connectivity index (χ4n) is 0.651. The first-order valence-corrected chi connectivity index (χ1v) is 2.86. The molecule has 52 valence electrons. The number of nitrogens with zero attached hydrogens (tertiary/aromatic N) is 1. The van der Waals surface area contributed by atoms with E-state index in [1.807, 2.05) is 0 Å². The predicted octanol–water partition coefficient (Wildman–Crippen LogP) is 1.87. The van der Waals surface area contributed by atoms with E-state index in [0.717, 1.165) is 0 Å². The highest BCUT2D eigenvalue weighted by Gasteiger charge is 2.03. The summed E-state index contributed by atoms with van der Waals surface area (Å²) in [5.41, 5.74) is 0.460. The number of hydrogen-bond acceptors (Lipinski definition) is 1. The second-order valence-corrected chi connectivity index (χ2v) is 1.97. The third kappa shape index (κ3) is 1.37. The Morgan fingerprint density at radius 2 is 1.80 bits per heavy atom. The molecule has 0 spiro atoms. The van der Waals surface area contributed by atoms with Crippen molar-refractivity contribution < 1.29 is 9.15 Å². The molecule has 0 aliphatic rings. The molecule has 0 heterocycles. The first-order chi connectivity index (χ1) is 4.70. The maximum Gasteiger partial charge on any atom is 0.255 e. The normalized spacial score (nSPS) is 9.40. The van der Waals surface area contributed by atoms with Crippen molar-refractivity contribution in [2.75, 3.05) is 7.05 Å². The summed E-state index contributed by atoms with van der Waals surface area (Å²) in [7, 11) is 1.37. The van der Waals surface area contributed by atoms with Gasteiger partial charge in [-0.2, -0.15) is 0 Å². The Labute approximate surface area is 57.9 Å². The van der Waals surface area contributed by atoms with Crippen LogP contribution in [0.4, 0.5) is 10.1 Å². The molecule has 10 heavy (non-hydrogen) atoms. The SMILES string of the molecule is C[N+](=O)c1ccc(F)cc1. The first-order valence-electron chi connectivity index (χ1n) is 2.86. The molecule has 1 aromatic carbocycles. The van der Waals surface area contributed by atoms with Crippen molar-refractivity contribution in [3.63, 3.8) is 0 Å². The number of benzene rings is 1. The topological polar surface area (TPSA) is 20.1 Å². The number of hydrogen-bond donors (Lipinski definition) is 0. The summed E-state index contributed by atoms with van der Waals surface area (Å²) in [5.74, 6) is -0.328. The summed E-state index contributed by atoms with van der Waals surface area (Å²) >= 11 is 0. The van der Waals surface area contributed by atoms with Gasteiger partial charge in [0.1, 0.15) is 5.82 Å². The van der Waals surface area contributed by atoms with Gasteiger partial charge in [-0.25, -0.2) is 4.39 Å². The summed E-state index contributed by atoms with van der Waals surface area (Å²) in [6.45, 7) is 0. The zero-order valence-electron chi connectivity index (χ0n) is 5.54. The Morgan fingerprint density at radius 3 is 2.20 bits per heavy atom. The molecule has 0 atom stereocenters. The molecule has 0 unspecified atom stereocenters. The van der Waals surface area contributed by atoms with Crippen molar-refractivity contribution in [2.45, 2.75) is 0 Å². The molecule has 2 nitrogen and oxygen atoms in total. The Kier molecular flexibility index (Phi) is 1.76. The zero-order valence-corrected chi connectivity index (χ0v) is 5.54. The van der Waals surface area contributed by atoms with Crippen LogP contribution in [0.15, 0.2) is 24.3 Å². The minimum Gasteiger partial charge on any atom is -0.207 e. The zero-order chi connectivity index (χ0) is 7.56. The first kappa shape index (κ1) is 6.86. The van der Waals surface area contributed by atoms with E-state index < -0.39 is 0 Å². The molecular weight excluding hydrogens is 133 g/mol. The molecule has 0 amide bonds. The smallest absolute Gasteiger partial charge is 0.207 e. The van der Waals surface area contributed by atoms with Crippen molar-refractivity contribution in [1.29, 1.82) is 0 Å². The van der Waals surface area contributed by atoms with Crippen LogP contribution in [0.5, 0.6) is 0 Å².